The molecule has 7 heteroatoms. The number of para-hydroxylation sites is 2. The van der Waals surface area contributed by atoms with Crippen molar-refractivity contribution < 1.29 is 28.9 Å². The zero-order valence-corrected chi connectivity index (χ0v) is 14.4. The number of esters is 1. The number of benzene rings is 2. The lowest BCUT2D eigenvalue weighted by molar-refractivity contribution is -0.147. The van der Waals surface area contributed by atoms with Gasteiger partial charge in [-0.15, -0.1) is 0 Å². The van der Waals surface area contributed by atoms with E-state index in [1.54, 1.807) is 31.4 Å². The molecular formula is C19H21NO6. The molecule has 7 nitrogen and oxygen atoms in total. The fraction of sp³-hybridized carbons (Fsp3) is 0.263. The van der Waals surface area contributed by atoms with Crippen LogP contribution in [0.3, 0.4) is 0 Å². The van der Waals surface area contributed by atoms with Crippen molar-refractivity contribution >= 4 is 11.9 Å². The van der Waals surface area contributed by atoms with Crippen LogP contribution < -0.4 is 14.8 Å². The minimum atomic E-state index is -0.517. The predicted octanol–water partition coefficient (Wildman–Crippen LogP) is 1.68. The van der Waals surface area contributed by atoms with Crippen LogP contribution in [-0.4, -0.2) is 43.9 Å². The molecule has 0 saturated carbocycles. The Labute approximate surface area is 151 Å². The largest absolute Gasteiger partial charge is 0.508 e. The number of carbonyl (C=O) groups is 2. The van der Waals surface area contributed by atoms with Gasteiger partial charge >= 0.3 is 5.97 Å². The van der Waals surface area contributed by atoms with Gasteiger partial charge in [0.25, 0.3) is 5.91 Å². The highest BCUT2D eigenvalue weighted by atomic mass is 16.5. The number of ether oxygens (including phenoxy) is 3. The van der Waals surface area contributed by atoms with Gasteiger partial charge < -0.3 is 24.6 Å². The summed E-state index contributed by atoms with van der Waals surface area (Å²) in [6.07, 6.45) is 0.0322. The first-order valence-electron chi connectivity index (χ1n) is 8.04. The molecule has 0 unspecified atom stereocenters. The Morgan fingerprint density at radius 2 is 1.73 bits per heavy atom. The number of rotatable bonds is 9. The summed E-state index contributed by atoms with van der Waals surface area (Å²) in [7, 11) is 1.55. The maximum absolute atomic E-state index is 11.7. The number of amides is 1. The number of nitrogens with one attached hydrogen (secondary N) is 1. The Morgan fingerprint density at radius 1 is 1.04 bits per heavy atom. The number of hydrogen-bond acceptors (Lipinski definition) is 6. The van der Waals surface area contributed by atoms with Crippen molar-refractivity contribution in [1.29, 1.82) is 0 Å². The SMILES string of the molecule is COc1ccccc1OCCNC(=O)COC(=O)Cc1ccc(O)cc1. The maximum Gasteiger partial charge on any atom is 0.310 e. The van der Waals surface area contributed by atoms with Gasteiger partial charge in [-0.3, -0.25) is 9.59 Å². The topological polar surface area (TPSA) is 94.1 Å². The molecule has 0 aromatic heterocycles. The summed E-state index contributed by atoms with van der Waals surface area (Å²) < 4.78 is 15.6. The first kappa shape index (κ1) is 19.1. The first-order chi connectivity index (χ1) is 12.6. The highest BCUT2D eigenvalue weighted by Crippen LogP contribution is 2.25. The van der Waals surface area contributed by atoms with Crippen molar-refractivity contribution in [1.82, 2.24) is 5.32 Å². The molecule has 0 aliphatic carbocycles. The van der Waals surface area contributed by atoms with Crippen molar-refractivity contribution in [3.8, 4) is 17.2 Å². The molecule has 2 aromatic rings. The normalized spacial score (nSPS) is 10.0. The number of carbonyl (C=O) groups excluding carboxylic acids is 2. The van der Waals surface area contributed by atoms with E-state index < -0.39 is 11.9 Å². The molecule has 0 heterocycles. The molecule has 0 fully saturated rings. The van der Waals surface area contributed by atoms with Gasteiger partial charge in [-0.25, -0.2) is 0 Å². The van der Waals surface area contributed by atoms with E-state index in [4.69, 9.17) is 14.2 Å². The first-order valence-corrected chi connectivity index (χ1v) is 8.04. The highest BCUT2D eigenvalue weighted by molar-refractivity contribution is 5.81. The molecule has 138 valence electrons. The lowest BCUT2D eigenvalue weighted by atomic mass is 10.1. The van der Waals surface area contributed by atoms with Crippen LogP contribution in [0, 0.1) is 0 Å². The van der Waals surface area contributed by atoms with Crippen molar-refractivity contribution in [3.63, 3.8) is 0 Å². The molecule has 0 bridgehead atoms. The molecule has 2 aromatic carbocycles. The maximum atomic E-state index is 11.7. The molecule has 1 amide bonds. The number of aromatic hydroxyl groups is 1. The van der Waals surface area contributed by atoms with E-state index >= 15 is 0 Å². The number of hydrogen-bond donors (Lipinski definition) is 2. The smallest absolute Gasteiger partial charge is 0.310 e. The molecule has 2 rings (SSSR count). The summed E-state index contributed by atoms with van der Waals surface area (Å²) in [5, 5.41) is 11.8. The van der Waals surface area contributed by atoms with Gasteiger partial charge in [-0.05, 0) is 29.8 Å². The quantitative estimate of drug-likeness (QED) is 0.523. The lowest BCUT2D eigenvalue weighted by Gasteiger charge is -2.11. The molecule has 0 atom stereocenters. The van der Waals surface area contributed by atoms with Crippen LogP contribution in [0.1, 0.15) is 5.56 Å². The monoisotopic (exact) mass is 359 g/mol. The molecule has 0 aliphatic heterocycles. The van der Waals surface area contributed by atoms with Gasteiger partial charge in [0, 0.05) is 0 Å². The third-order valence-corrected chi connectivity index (χ3v) is 3.40. The van der Waals surface area contributed by atoms with Crippen molar-refractivity contribution in [3.05, 3.63) is 54.1 Å². The summed E-state index contributed by atoms with van der Waals surface area (Å²) in [6.45, 7) is 0.172. The third kappa shape index (κ3) is 6.35. The predicted molar refractivity (Wildman–Crippen MR) is 94.3 cm³/mol. The summed E-state index contributed by atoms with van der Waals surface area (Å²) in [6, 6.07) is 13.4. The number of phenols is 1. The van der Waals surface area contributed by atoms with Gasteiger partial charge in [-0.1, -0.05) is 24.3 Å². The second kappa shape index (κ2) is 9.93. The summed E-state index contributed by atoms with van der Waals surface area (Å²) >= 11 is 0. The van der Waals surface area contributed by atoms with Crippen LogP contribution in [0.25, 0.3) is 0 Å². The average molecular weight is 359 g/mol. The van der Waals surface area contributed by atoms with Crippen LogP contribution in [0.5, 0.6) is 17.2 Å². The van der Waals surface area contributed by atoms with Gasteiger partial charge in [0.15, 0.2) is 18.1 Å². The molecule has 0 aliphatic rings. The third-order valence-electron chi connectivity index (χ3n) is 3.40. The van der Waals surface area contributed by atoms with Gasteiger partial charge in [0.05, 0.1) is 20.1 Å². The van der Waals surface area contributed by atoms with Crippen molar-refractivity contribution in [2.45, 2.75) is 6.42 Å². The fourth-order valence-electron chi connectivity index (χ4n) is 2.12. The zero-order chi connectivity index (χ0) is 18.8. The van der Waals surface area contributed by atoms with E-state index in [0.29, 0.717) is 17.1 Å². The molecule has 0 saturated heterocycles. The highest BCUT2D eigenvalue weighted by Gasteiger charge is 2.09. The van der Waals surface area contributed by atoms with E-state index in [-0.39, 0.29) is 31.9 Å². The van der Waals surface area contributed by atoms with Crippen LogP contribution in [0.4, 0.5) is 0 Å². The summed E-state index contributed by atoms with van der Waals surface area (Å²) in [5.41, 5.74) is 0.693. The van der Waals surface area contributed by atoms with Crippen LogP contribution in [0.15, 0.2) is 48.5 Å². The second-order valence-corrected chi connectivity index (χ2v) is 5.35. The molecule has 0 spiro atoms. The molecule has 0 radical (unpaired) electrons. The van der Waals surface area contributed by atoms with Crippen LogP contribution >= 0.6 is 0 Å². The lowest BCUT2D eigenvalue weighted by Crippen LogP contribution is -2.32. The van der Waals surface area contributed by atoms with E-state index in [2.05, 4.69) is 5.32 Å². The fourth-order valence-corrected chi connectivity index (χ4v) is 2.12. The Kier molecular flexibility index (Phi) is 7.30. The van der Waals surface area contributed by atoms with Crippen LogP contribution in [0.2, 0.25) is 0 Å². The van der Waals surface area contributed by atoms with Gasteiger partial charge in [-0.2, -0.15) is 0 Å². The zero-order valence-electron chi connectivity index (χ0n) is 14.4. The molecule has 2 N–H and O–H groups in total. The van der Waals surface area contributed by atoms with E-state index in [1.165, 1.54) is 12.1 Å². The van der Waals surface area contributed by atoms with Gasteiger partial charge in [0.2, 0.25) is 0 Å². The standard InChI is InChI=1S/C19H21NO6/c1-24-16-4-2-3-5-17(16)25-11-10-20-18(22)13-26-19(23)12-14-6-8-15(21)9-7-14/h2-9,21H,10-13H2,1H3,(H,20,22). The van der Waals surface area contributed by atoms with E-state index in [1.807, 2.05) is 12.1 Å². The molecular weight excluding hydrogens is 338 g/mol. The Morgan fingerprint density at radius 3 is 2.42 bits per heavy atom. The van der Waals surface area contributed by atoms with Crippen molar-refractivity contribution in [2.75, 3.05) is 26.9 Å². The average Bonchev–Trinajstić information content (AvgIpc) is 2.65. The summed E-state index contributed by atoms with van der Waals surface area (Å²) in [4.78, 5) is 23.4. The Hall–Kier alpha value is -3.22. The summed E-state index contributed by atoms with van der Waals surface area (Å²) in [5.74, 6) is 0.396. The Bertz CT molecular complexity index is 729. The molecule has 26 heavy (non-hydrogen) atoms. The van der Waals surface area contributed by atoms with Gasteiger partial charge in [0.1, 0.15) is 12.4 Å². The second-order valence-electron chi connectivity index (χ2n) is 5.35. The minimum Gasteiger partial charge on any atom is -0.508 e. The van der Waals surface area contributed by atoms with Crippen LogP contribution in [-0.2, 0) is 20.7 Å². The minimum absolute atomic E-state index is 0.0322. The Balaban J connectivity index is 1.62. The van der Waals surface area contributed by atoms with Crippen molar-refractivity contribution in [2.24, 2.45) is 0 Å². The number of methoxy groups -OCH3 is 1. The number of phenolic OH excluding ortho intramolecular Hbond substituents is 1. The van der Waals surface area contributed by atoms with E-state index in [0.717, 1.165) is 0 Å². The van der Waals surface area contributed by atoms with E-state index in [9.17, 15) is 14.7 Å².